The van der Waals surface area contributed by atoms with Crippen molar-refractivity contribution < 1.29 is 9.53 Å². The van der Waals surface area contributed by atoms with Crippen molar-refractivity contribution in [2.24, 2.45) is 0 Å². The second-order valence-corrected chi connectivity index (χ2v) is 5.04. The third-order valence-corrected chi connectivity index (χ3v) is 3.07. The van der Waals surface area contributed by atoms with Gasteiger partial charge in [-0.15, -0.1) is 0 Å². The molecule has 0 spiro atoms. The summed E-state index contributed by atoms with van der Waals surface area (Å²) < 4.78 is 5.53. The summed E-state index contributed by atoms with van der Waals surface area (Å²) in [6, 6.07) is 16.5. The van der Waals surface area contributed by atoms with Crippen LogP contribution in [0.4, 0.5) is 0 Å². The number of carbonyl (C=O) groups excluding carboxylic acids is 1. The second kappa shape index (κ2) is 8.11. The first-order valence-corrected chi connectivity index (χ1v) is 7.27. The van der Waals surface area contributed by atoms with E-state index in [4.69, 9.17) is 16.3 Å². The maximum atomic E-state index is 11.9. The molecule has 0 saturated heterocycles. The average molecular weight is 314 g/mol. The predicted molar refractivity (Wildman–Crippen MR) is 87.9 cm³/mol. The van der Waals surface area contributed by atoms with Gasteiger partial charge >= 0.3 is 0 Å². The molecule has 22 heavy (non-hydrogen) atoms. The molecule has 2 aromatic carbocycles. The van der Waals surface area contributed by atoms with E-state index in [-0.39, 0.29) is 12.5 Å². The Labute approximate surface area is 135 Å². The lowest BCUT2D eigenvalue weighted by atomic mass is 10.2. The zero-order chi connectivity index (χ0) is 15.8. The molecule has 0 aromatic heterocycles. The predicted octanol–water partition coefficient (Wildman–Crippen LogP) is 3.28. The number of halogens is 1. The van der Waals surface area contributed by atoms with Gasteiger partial charge in [0.15, 0.2) is 6.10 Å². The summed E-state index contributed by atoms with van der Waals surface area (Å²) in [5.74, 6) is 6.22. The van der Waals surface area contributed by atoms with Crippen LogP contribution in [0.2, 0.25) is 5.02 Å². The second-order valence-electron chi connectivity index (χ2n) is 4.60. The Hall–Kier alpha value is -2.44. The molecule has 0 bridgehead atoms. The minimum Gasteiger partial charge on any atom is -0.481 e. The molecule has 0 saturated carbocycles. The molecule has 3 nitrogen and oxygen atoms in total. The van der Waals surface area contributed by atoms with Gasteiger partial charge in [-0.1, -0.05) is 47.7 Å². The molecule has 0 fully saturated rings. The topological polar surface area (TPSA) is 38.3 Å². The molecular formula is C18H16ClNO2. The molecule has 0 aliphatic heterocycles. The van der Waals surface area contributed by atoms with E-state index in [2.05, 4.69) is 17.2 Å². The number of hydrogen-bond donors (Lipinski definition) is 1. The number of rotatable bonds is 4. The van der Waals surface area contributed by atoms with Crippen LogP contribution in [0.25, 0.3) is 0 Å². The fourth-order valence-electron chi connectivity index (χ4n) is 1.74. The molecule has 0 radical (unpaired) electrons. The normalized spacial score (nSPS) is 11.0. The molecule has 2 aromatic rings. The first-order valence-electron chi connectivity index (χ1n) is 6.89. The minimum atomic E-state index is -0.614. The summed E-state index contributed by atoms with van der Waals surface area (Å²) >= 11 is 5.87. The highest BCUT2D eigenvalue weighted by atomic mass is 35.5. The van der Waals surface area contributed by atoms with E-state index in [1.54, 1.807) is 31.2 Å². The van der Waals surface area contributed by atoms with Crippen molar-refractivity contribution in [1.29, 1.82) is 0 Å². The lowest BCUT2D eigenvalue weighted by molar-refractivity contribution is -0.126. The van der Waals surface area contributed by atoms with Crippen molar-refractivity contribution in [3.05, 3.63) is 65.2 Å². The lowest BCUT2D eigenvalue weighted by Gasteiger charge is -2.13. The smallest absolute Gasteiger partial charge is 0.261 e. The monoisotopic (exact) mass is 313 g/mol. The summed E-state index contributed by atoms with van der Waals surface area (Å²) in [7, 11) is 0. The van der Waals surface area contributed by atoms with Gasteiger partial charge in [-0.3, -0.25) is 4.79 Å². The summed E-state index contributed by atoms with van der Waals surface area (Å²) in [5.41, 5.74) is 0.917. The van der Waals surface area contributed by atoms with Gasteiger partial charge in [-0.2, -0.15) is 0 Å². The fourth-order valence-corrected chi connectivity index (χ4v) is 1.92. The number of hydrogen-bond acceptors (Lipinski definition) is 2. The van der Waals surface area contributed by atoms with Crippen LogP contribution < -0.4 is 10.1 Å². The number of ether oxygens (including phenoxy) is 1. The van der Waals surface area contributed by atoms with Crippen molar-refractivity contribution in [2.75, 3.05) is 6.54 Å². The summed E-state index contributed by atoms with van der Waals surface area (Å²) in [6.07, 6.45) is -0.614. The Balaban J connectivity index is 1.81. The number of nitrogens with one attached hydrogen (secondary N) is 1. The first-order chi connectivity index (χ1) is 10.6. The van der Waals surface area contributed by atoms with E-state index < -0.39 is 6.10 Å². The van der Waals surface area contributed by atoms with E-state index in [9.17, 15) is 4.79 Å². The van der Waals surface area contributed by atoms with Crippen molar-refractivity contribution in [1.82, 2.24) is 5.32 Å². The third-order valence-electron chi connectivity index (χ3n) is 2.84. The minimum absolute atomic E-state index is 0.220. The molecule has 1 amide bonds. The highest BCUT2D eigenvalue weighted by Crippen LogP contribution is 2.18. The van der Waals surface area contributed by atoms with Crippen LogP contribution in [0.5, 0.6) is 5.75 Å². The van der Waals surface area contributed by atoms with Crippen LogP contribution in [0.3, 0.4) is 0 Å². The lowest BCUT2D eigenvalue weighted by Crippen LogP contribution is -2.36. The number of benzene rings is 2. The third kappa shape index (κ3) is 5.16. The van der Waals surface area contributed by atoms with Crippen molar-refractivity contribution in [3.8, 4) is 17.6 Å². The van der Waals surface area contributed by atoms with E-state index >= 15 is 0 Å². The summed E-state index contributed by atoms with van der Waals surface area (Å²) in [4.78, 5) is 11.9. The van der Waals surface area contributed by atoms with Crippen LogP contribution in [0.15, 0.2) is 54.6 Å². The fraction of sp³-hybridized carbons (Fsp3) is 0.167. The van der Waals surface area contributed by atoms with Gasteiger partial charge < -0.3 is 10.1 Å². The molecule has 1 N–H and O–H groups in total. The van der Waals surface area contributed by atoms with Gasteiger partial charge in [0.1, 0.15) is 5.75 Å². The highest BCUT2D eigenvalue weighted by molar-refractivity contribution is 6.30. The quantitative estimate of drug-likeness (QED) is 0.880. The van der Waals surface area contributed by atoms with Gasteiger partial charge in [-0.25, -0.2) is 0 Å². The molecule has 0 aliphatic rings. The maximum absolute atomic E-state index is 11.9. The standard InChI is InChI=1S/C18H16ClNO2/c1-14(22-17-11-5-10-16(19)13-17)18(21)20-12-6-9-15-7-3-2-4-8-15/h2-5,7-8,10-11,13-14H,12H2,1H3,(H,20,21). The Morgan fingerprint density at radius 1 is 1.23 bits per heavy atom. The number of carbonyl (C=O) groups is 1. The Morgan fingerprint density at radius 3 is 2.73 bits per heavy atom. The summed E-state index contributed by atoms with van der Waals surface area (Å²) in [6.45, 7) is 1.96. The molecule has 1 atom stereocenters. The van der Waals surface area contributed by atoms with Crippen LogP contribution in [0.1, 0.15) is 12.5 Å². The Morgan fingerprint density at radius 2 is 2.00 bits per heavy atom. The summed E-state index contributed by atoms with van der Waals surface area (Å²) in [5, 5.41) is 3.29. The average Bonchev–Trinajstić information content (AvgIpc) is 2.52. The molecule has 2 rings (SSSR count). The van der Waals surface area contributed by atoms with E-state index in [1.807, 2.05) is 30.3 Å². The molecule has 4 heteroatoms. The zero-order valence-corrected chi connectivity index (χ0v) is 12.9. The van der Waals surface area contributed by atoms with E-state index in [0.717, 1.165) is 5.56 Å². The number of amides is 1. The van der Waals surface area contributed by atoms with Gasteiger partial charge in [0, 0.05) is 10.6 Å². The molecule has 112 valence electrons. The largest absolute Gasteiger partial charge is 0.481 e. The van der Waals surface area contributed by atoms with Gasteiger partial charge in [0.2, 0.25) is 0 Å². The van der Waals surface area contributed by atoms with Crippen LogP contribution >= 0.6 is 11.6 Å². The first kappa shape index (κ1) is 15.9. The van der Waals surface area contributed by atoms with E-state index in [0.29, 0.717) is 10.8 Å². The Kier molecular flexibility index (Phi) is 5.88. The van der Waals surface area contributed by atoms with Gasteiger partial charge in [0.05, 0.1) is 6.54 Å². The highest BCUT2D eigenvalue weighted by Gasteiger charge is 2.13. The van der Waals surface area contributed by atoms with Crippen LogP contribution in [-0.2, 0) is 4.79 Å². The van der Waals surface area contributed by atoms with Crippen molar-refractivity contribution in [2.45, 2.75) is 13.0 Å². The van der Waals surface area contributed by atoms with Crippen LogP contribution in [0, 0.1) is 11.8 Å². The van der Waals surface area contributed by atoms with Gasteiger partial charge in [0.25, 0.3) is 5.91 Å². The maximum Gasteiger partial charge on any atom is 0.261 e. The van der Waals surface area contributed by atoms with E-state index in [1.165, 1.54) is 0 Å². The molecule has 0 aliphatic carbocycles. The van der Waals surface area contributed by atoms with Crippen LogP contribution in [-0.4, -0.2) is 18.6 Å². The zero-order valence-electron chi connectivity index (χ0n) is 12.2. The molecule has 0 heterocycles. The van der Waals surface area contributed by atoms with Crippen molar-refractivity contribution in [3.63, 3.8) is 0 Å². The van der Waals surface area contributed by atoms with Gasteiger partial charge in [-0.05, 0) is 37.3 Å². The SMILES string of the molecule is CC(Oc1cccc(Cl)c1)C(=O)NCC#Cc1ccccc1. The Bertz CT molecular complexity index is 689. The van der Waals surface area contributed by atoms with Crippen molar-refractivity contribution >= 4 is 17.5 Å². The molecule has 1 unspecified atom stereocenters. The molecular weight excluding hydrogens is 298 g/mol.